The highest BCUT2D eigenvalue weighted by Gasteiger charge is 2.26. The van der Waals surface area contributed by atoms with Crippen molar-refractivity contribution in [2.45, 2.75) is 19.3 Å². The van der Waals surface area contributed by atoms with Gasteiger partial charge in [-0.2, -0.15) is 18.3 Å². The summed E-state index contributed by atoms with van der Waals surface area (Å²) in [5, 5.41) is 4.85. The number of hydrogen-bond acceptors (Lipinski definition) is 5. The lowest BCUT2D eigenvalue weighted by Gasteiger charge is -2.33. The quantitative estimate of drug-likeness (QED) is 0.329. The molecule has 1 aliphatic rings. The van der Waals surface area contributed by atoms with Crippen LogP contribution in [0.5, 0.6) is 5.75 Å². The van der Waals surface area contributed by atoms with Gasteiger partial charge in [0.25, 0.3) is 0 Å². The molecule has 0 aliphatic carbocycles. The molecule has 1 fully saturated rings. The minimum Gasteiger partial charge on any atom is -0.486 e. The van der Waals surface area contributed by atoms with Gasteiger partial charge in [0.15, 0.2) is 0 Å². The molecule has 162 valence electrons. The van der Waals surface area contributed by atoms with Crippen molar-refractivity contribution in [3.8, 4) is 11.4 Å². The second-order valence-electron chi connectivity index (χ2n) is 6.85. The Morgan fingerprint density at radius 2 is 2.03 bits per heavy atom. The standard InChI is InChI=1S/C20H25ClN4O4S/c1-2-3-4-5-13-29-19-18(23-9-11-24(12-10-23)30(27)28)15-22-25(20(19)26)17-8-6-7-16(21)14-17/h2,6-8,14-15H,1,3-5,9-13H2,(H,27,28)/p+1. The first-order chi connectivity index (χ1) is 14.5. The molecule has 0 bridgehead atoms. The molecule has 8 nitrogen and oxygen atoms in total. The van der Waals surface area contributed by atoms with Crippen LogP contribution in [-0.4, -0.2) is 55.6 Å². The lowest BCUT2D eigenvalue weighted by Crippen LogP contribution is -2.47. The van der Waals surface area contributed by atoms with Crippen LogP contribution in [0.25, 0.3) is 5.69 Å². The van der Waals surface area contributed by atoms with Crippen LogP contribution in [0.1, 0.15) is 19.3 Å². The monoisotopic (exact) mass is 453 g/mol. The average molecular weight is 454 g/mol. The molecule has 0 spiro atoms. The molecule has 0 saturated carbocycles. The number of hydrogen-bond donors (Lipinski definition) is 0. The smallest absolute Gasteiger partial charge is 0.391 e. The third kappa shape index (κ3) is 5.48. The van der Waals surface area contributed by atoms with Crippen molar-refractivity contribution in [2.24, 2.45) is 0 Å². The van der Waals surface area contributed by atoms with Crippen molar-refractivity contribution >= 4 is 28.6 Å². The summed E-state index contributed by atoms with van der Waals surface area (Å²) in [4.78, 5) is 15.2. The molecule has 3 rings (SSSR count). The summed E-state index contributed by atoms with van der Waals surface area (Å²) in [6.45, 7) is 6.11. The minimum absolute atomic E-state index is 0.240. The lowest BCUT2D eigenvalue weighted by molar-refractivity contribution is 0.299. The Morgan fingerprint density at radius 3 is 2.70 bits per heavy atom. The van der Waals surface area contributed by atoms with E-state index in [0.717, 1.165) is 19.3 Å². The molecule has 1 unspecified atom stereocenters. The van der Waals surface area contributed by atoms with Gasteiger partial charge in [0, 0.05) is 31.2 Å². The SMILES string of the molecule is C=CCCCCOc1c(N2CCN(S(=O)[OH2+])CC2)cnn(-c2cccc(Cl)c2)c1=O. The molecule has 0 amide bonds. The van der Waals surface area contributed by atoms with E-state index in [9.17, 15) is 9.00 Å². The third-order valence-corrected chi connectivity index (χ3v) is 5.90. The summed E-state index contributed by atoms with van der Waals surface area (Å²) in [5.41, 5.74) is 0.812. The van der Waals surface area contributed by atoms with E-state index in [2.05, 4.69) is 11.7 Å². The molecule has 2 N–H and O–H groups in total. The van der Waals surface area contributed by atoms with Gasteiger partial charge in [0.05, 0.1) is 18.5 Å². The van der Waals surface area contributed by atoms with Crippen molar-refractivity contribution < 1.29 is 13.5 Å². The number of ether oxygens (including phenoxy) is 1. The minimum atomic E-state index is -1.75. The molecule has 2 aromatic rings. The number of aromatic nitrogens is 2. The van der Waals surface area contributed by atoms with E-state index in [4.69, 9.17) is 20.9 Å². The van der Waals surface area contributed by atoms with Crippen LogP contribution < -0.4 is 15.2 Å². The van der Waals surface area contributed by atoms with Crippen molar-refractivity contribution in [1.29, 1.82) is 0 Å². The van der Waals surface area contributed by atoms with Crippen LogP contribution >= 0.6 is 11.6 Å². The maximum atomic E-state index is 13.2. The second kappa shape index (κ2) is 10.7. The van der Waals surface area contributed by atoms with Gasteiger partial charge in [-0.1, -0.05) is 23.7 Å². The van der Waals surface area contributed by atoms with Crippen LogP contribution in [0, 0.1) is 0 Å². The normalized spacial score (nSPS) is 15.7. The topological polar surface area (TPSA) is 90.6 Å². The van der Waals surface area contributed by atoms with Gasteiger partial charge < -0.3 is 14.2 Å². The third-order valence-electron chi connectivity index (χ3n) is 4.83. The van der Waals surface area contributed by atoms with E-state index in [1.54, 1.807) is 34.8 Å². The molecular formula is C20H26ClN4O4S+. The number of piperazine rings is 1. The van der Waals surface area contributed by atoms with Crippen molar-refractivity contribution in [3.63, 3.8) is 0 Å². The van der Waals surface area contributed by atoms with Gasteiger partial charge in [-0.15, -0.1) is 6.58 Å². The Balaban J connectivity index is 1.89. The Labute approximate surface area is 183 Å². The summed E-state index contributed by atoms with van der Waals surface area (Å²) in [7, 11) is 0. The molecule has 1 atom stereocenters. The Morgan fingerprint density at radius 1 is 1.27 bits per heavy atom. The predicted octanol–water partition coefficient (Wildman–Crippen LogP) is 2.05. The Kier molecular flexibility index (Phi) is 8.03. The van der Waals surface area contributed by atoms with Crippen LogP contribution in [0.4, 0.5) is 5.69 Å². The summed E-state index contributed by atoms with van der Waals surface area (Å²) in [6.07, 6.45) is 6.11. The lowest BCUT2D eigenvalue weighted by atomic mass is 10.2. The number of rotatable bonds is 9. The van der Waals surface area contributed by atoms with Crippen molar-refractivity contribution in [3.05, 3.63) is 58.5 Å². The summed E-state index contributed by atoms with van der Waals surface area (Å²) in [6, 6.07) is 6.93. The maximum absolute atomic E-state index is 13.2. The first kappa shape index (κ1) is 22.5. The fourth-order valence-corrected chi connectivity index (χ4v) is 3.92. The highest BCUT2D eigenvalue weighted by atomic mass is 35.5. The fraction of sp³-hybridized carbons (Fsp3) is 0.400. The molecule has 1 aliphatic heterocycles. The number of halogens is 1. The molecule has 1 saturated heterocycles. The fourth-order valence-electron chi connectivity index (χ4n) is 3.24. The second-order valence-corrected chi connectivity index (χ2v) is 8.31. The van der Waals surface area contributed by atoms with Crippen molar-refractivity contribution in [2.75, 3.05) is 37.7 Å². The van der Waals surface area contributed by atoms with Gasteiger partial charge in [-0.3, -0.25) is 4.79 Å². The van der Waals surface area contributed by atoms with Gasteiger partial charge in [-0.05, 0) is 37.5 Å². The zero-order valence-electron chi connectivity index (χ0n) is 16.6. The number of unbranched alkanes of at least 4 members (excludes halogenated alkanes) is 2. The zero-order valence-corrected chi connectivity index (χ0v) is 18.2. The zero-order chi connectivity index (χ0) is 21.5. The summed E-state index contributed by atoms with van der Waals surface area (Å²) < 4.78 is 27.6. The average Bonchev–Trinajstić information content (AvgIpc) is 2.74. The number of nitrogens with zero attached hydrogens (tertiary/aromatic N) is 4. The summed E-state index contributed by atoms with van der Waals surface area (Å²) in [5.74, 6) is 0.240. The largest absolute Gasteiger partial charge is 0.486 e. The van der Waals surface area contributed by atoms with Crippen LogP contribution in [0.15, 0.2) is 47.9 Å². The molecule has 2 heterocycles. The Bertz CT molecular complexity index is 960. The van der Waals surface area contributed by atoms with E-state index in [-0.39, 0.29) is 11.3 Å². The van der Waals surface area contributed by atoms with Gasteiger partial charge in [-0.25, -0.2) is 0 Å². The predicted molar refractivity (Wildman–Crippen MR) is 120 cm³/mol. The summed E-state index contributed by atoms with van der Waals surface area (Å²) >= 11 is 4.33. The van der Waals surface area contributed by atoms with E-state index in [0.29, 0.717) is 49.2 Å². The van der Waals surface area contributed by atoms with E-state index in [1.165, 1.54) is 4.68 Å². The Hall–Kier alpha value is -2.20. The molecule has 1 aromatic heterocycles. The number of benzene rings is 1. The highest BCUT2D eigenvalue weighted by molar-refractivity contribution is 7.76. The van der Waals surface area contributed by atoms with Gasteiger partial charge >= 0.3 is 16.8 Å². The van der Waals surface area contributed by atoms with E-state index in [1.807, 2.05) is 11.0 Å². The molecular weight excluding hydrogens is 428 g/mol. The van der Waals surface area contributed by atoms with E-state index >= 15 is 0 Å². The van der Waals surface area contributed by atoms with Crippen LogP contribution in [0.3, 0.4) is 0 Å². The first-order valence-corrected chi connectivity index (χ1v) is 11.2. The molecule has 1 aromatic carbocycles. The number of allylic oxidation sites excluding steroid dienone is 1. The van der Waals surface area contributed by atoms with E-state index < -0.39 is 11.3 Å². The molecule has 0 radical (unpaired) electrons. The first-order valence-electron chi connectivity index (χ1n) is 9.76. The van der Waals surface area contributed by atoms with Crippen LogP contribution in [-0.2, 0) is 11.3 Å². The number of anilines is 1. The molecule has 10 heteroatoms. The maximum Gasteiger partial charge on any atom is 0.391 e. The van der Waals surface area contributed by atoms with Crippen LogP contribution in [0.2, 0.25) is 5.02 Å². The molecule has 30 heavy (non-hydrogen) atoms. The highest BCUT2D eigenvalue weighted by Crippen LogP contribution is 2.26. The van der Waals surface area contributed by atoms with Gasteiger partial charge in [0.2, 0.25) is 5.75 Å². The van der Waals surface area contributed by atoms with Crippen molar-refractivity contribution in [1.82, 2.24) is 14.1 Å². The van der Waals surface area contributed by atoms with Gasteiger partial charge in [0.1, 0.15) is 5.69 Å².